The van der Waals surface area contributed by atoms with Crippen LogP contribution in [0.4, 0.5) is 0 Å². The third-order valence-electron chi connectivity index (χ3n) is 2.70. The monoisotopic (exact) mass is 206 g/mol. The number of allylic oxidation sites excluding steroid dienone is 2. The van der Waals surface area contributed by atoms with E-state index in [0.29, 0.717) is 0 Å². The highest BCUT2D eigenvalue weighted by molar-refractivity contribution is 5.39. The molecule has 1 atom stereocenters. The number of hydrogen-bond acceptors (Lipinski definition) is 3. The average Bonchev–Trinajstić information content (AvgIpc) is 2.70. The Balaban J connectivity index is 2.37. The highest BCUT2D eigenvalue weighted by Gasteiger charge is 2.23. The second-order valence-corrected chi connectivity index (χ2v) is 3.58. The number of furan rings is 1. The molecule has 0 N–H and O–H groups in total. The van der Waals surface area contributed by atoms with Gasteiger partial charge in [-0.15, -0.1) is 0 Å². The quantitative estimate of drug-likeness (QED) is 0.744. The normalized spacial score (nSPS) is 20.3. The third-order valence-corrected chi connectivity index (χ3v) is 2.70. The standard InChI is InChI=1S/C12H14O3/c1-8-4-5-15-12(9(8)2)10-6-14-7-11(10)13-3/h4-7,12H,1-3H3. The van der Waals surface area contributed by atoms with Gasteiger partial charge in [-0.2, -0.15) is 0 Å². The summed E-state index contributed by atoms with van der Waals surface area (Å²) in [6.07, 6.45) is 6.82. The molecule has 0 amide bonds. The van der Waals surface area contributed by atoms with E-state index in [2.05, 4.69) is 13.8 Å². The number of methoxy groups -OCH3 is 1. The van der Waals surface area contributed by atoms with Crippen LogP contribution in [0.5, 0.6) is 5.75 Å². The van der Waals surface area contributed by atoms with Crippen LogP contribution < -0.4 is 4.74 Å². The average molecular weight is 206 g/mol. The molecular weight excluding hydrogens is 192 g/mol. The maximum atomic E-state index is 5.57. The van der Waals surface area contributed by atoms with E-state index in [0.717, 1.165) is 11.3 Å². The van der Waals surface area contributed by atoms with Gasteiger partial charge in [-0.3, -0.25) is 0 Å². The zero-order valence-electron chi connectivity index (χ0n) is 9.11. The van der Waals surface area contributed by atoms with Crippen LogP contribution in [0, 0.1) is 0 Å². The SMILES string of the molecule is COc1cocc1C1OC=CC(C)=C1C. The van der Waals surface area contributed by atoms with Crippen LogP contribution in [0.1, 0.15) is 25.5 Å². The van der Waals surface area contributed by atoms with Crippen molar-refractivity contribution in [3.63, 3.8) is 0 Å². The maximum Gasteiger partial charge on any atom is 0.164 e. The van der Waals surface area contributed by atoms with Crippen LogP contribution in [-0.2, 0) is 4.74 Å². The van der Waals surface area contributed by atoms with Gasteiger partial charge in [-0.05, 0) is 31.1 Å². The Hall–Kier alpha value is -1.64. The summed E-state index contributed by atoms with van der Waals surface area (Å²) in [5.41, 5.74) is 3.32. The molecule has 0 radical (unpaired) electrons. The molecule has 0 saturated heterocycles. The molecule has 1 aliphatic rings. The summed E-state index contributed by atoms with van der Waals surface area (Å²) >= 11 is 0. The van der Waals surface area contributed by atoms with E-state index in [1.807, 2.05) is 6.08 Å². The predicted octanol–water partition coefficient (Wildman–Crippen LogP) is 3.21. The number of rotatable bonds is 2. The first-order valence-corrected chi connectivity index (χ1v) is 4.83. The molecule has 0 fully saturated rings. The minimum Gasteiger partial charge on any atom is -0.493 e. The Bertz CT molecular complexity index is 412. The Morgan fingerprint density at radius 3 is 2.80 bits per heavy atom. The lowest BCUT2D eigenvalue weighted by Gasteiger charge is -2.22. The molecule has 1 aromatic heterocycles. The van der Waals surface area contributed by atoms with Crippen LogP contribution in [0.3, 0.4) is 0 Å². The minimum atomic E-state index is -0.0938. The van der Waals surface area contributed by atoms with E-state index in [4.69, 9.17) is 13.9 Å². The summed E-state index contributed by atoms with van der Waals surface area (Å²) in [4.78, 5) is 0. The molecular formula is C12H14O3. The maximum absolute atomic E-state index is 5.57. The van der Waals surface area contributed by atoms with E-state index < -0.39 is 0 Å². The van der Waals surface area contributed by atoms with Crippen molar-refractivity contribution >= 4 is 0 Å². The number of ether oxygens (including phenoxy) is 2. The first-order valence-electron chi connectivity index (χ1n) is 4.83. The van der Waals surface area contributed by atoms with Crippen molar-refractivity contribution in [2.45, 2.75) is 20.0 Å². The highest BCUT2D eigenvalue weighted by Crippen LogP contribution is 2.37. The largest absolute Gasteiger partial charge is 0.493 e. The van der Waals surface area contributed by atoms with Gasteiger partial charge in [-0.25, -0.2) is 0 Å². The van der Waals surface area contributed by atoms with Crippen LogP contribution in [0.25, 0.3) is 0 Å². The molecule has 2 heterocycles. The second-order valence-electron chi connectivity index (χ2n) is 3.58. The molecule has 0 saturated carbocycles. The molecule has 0 aliphatic carbocycles. The van der Waals surface area contributed by atoms with Crippen molar-refractivity contribution in [1.29, 1.82) is 0 Å². The molecule has 3 heteroatoms. The fourth-order valence-corrected chi connectivity index (χ4v) is 1.62. The van der Waals surface area contributed by atoms with E-state index in [9.17, 15) is 0 Å². The zero-order chi connectivity index (χ0) is 10.8. The van der Waals surface area contributed by atoms with Crippen LogP contribution in [-0.4, -0.2) is 7.11 Å². The summed E-state index contributed by atoms with van der Waals surface area (Å²) in [6, 6.07) is 0. The van der Waals surface area contributed by atoms with E-state index >= 15 is 0 Å². The van der Waals surface area contributed by atoms with Gasteiger partial charge in [0.05, 0.1) is 18.9 Å². The summed E-state index contributed by atoms with van der Waals surface area (Å²) in [7, 11) is 1.62. The summed E-state index contributed by atoms with van der Waals surface area (Å²) < 4.78 is 15.9. The molecule has 1 unspecified atom stereocenters. The van der Waals surface area contributed by atoms with Gasteiger partial charge in [-0.1, -0.05) is 0 Å². The van der Waals surface area contributed by atoms with E-state index in [-0.39, 0.29) is 6.10 Å². The minimum absolute atomic E-state index is 0.0938. The first-order chi connectivity index (χ1) is 7.24. The van der Waals surface area contributed by atoms with Gasteiger partial charge in [0.15, 0.2) is 11.9 Å². The van der Waals surface area contributed by atoms with Gasteiger partial charge in [0.1, 0.15) is 12.5 Å². The molecule has 80 valence electrons. The van der Waals surface area contributed by atoms with Crippen LogP contribution in [0.2, 0.25) is 0 Å². The fourth-order valence-electron chi connectivity index (χ4n) is 1.62. The topological polar surface area (TPSA) is 31.6 Å². The van der Waals surface area contributed by atoms with Gasteiger partial charge in [0.2, 0.25) is 0 Å². The third kappa shape index (κ3) is 1.65. The predicted molar refractivity (Wildman–Crippen MR) is 56.6 cm³/mol. The molecule has 0 aromatic carbocycles. The van der Waals surface area contributed by atoms with Crippen LogP contribution in [0.15, 0.2) is 40.4 Å². The molecule has 1 aliphatic heterocycles. The molecule has 0 bridgehead atoms. The van der Waals surface area contributed by atoms with E-state index in [1.54, 1.807) is 25.9 Å². The molecule has 1 aromatic rings. The van der Waals surface area contributed by atoms with Gasteiger partial charge in [0.25, 0.3) is 0 Å². The second kappa shape index (κ2) is 3.85. The Morgan fingerprint density at radius 2 is 2.07 bits per heavy atom. The summed E-state index contributed by atoms with van der Waals surface area (Å²) in [5, 5.41) is 0. The fraction of sp³-hybridized carbons (Fsp3) is 0.333. The molecule has 0 spiro atoms. The van der Waals surface area contributed by atoms with Crippen molar-refractivity contribution < 1.29 is 13.9 Å². The van der Waals surface area contributed by atoms with Crippen molar-refractivity contribution in [2.24, 2.45) is 0 Å². The van der Waals surface area contributed by atoms with Gasteiger partial charge >= 0.3 is 0 Å². The van der Waals surface area contributed by atoms with E-state index in [1.165, 1.54) is 11.1 Å². The lowest BCUT2D eigenvalue weighted by molar-refractivity contribution is 0.169. The van der Waals surface area contributed by atoms with Crippen molar-refractivity contribution in [2.75, 3.05) is 7.11 Å². The van der Waals surface area contributed by atoms with Crippen molar-refractivity contribution in [3.8, 4) is 5.75 Å². The van der Waals surface area contributed by atoms with Crippen LogP contribution >= 0.6 is 0 Å². The smallest absolute Gasteiger partial charge is 0.164 e. The van der Waals surface area contributed by atoms with Gasteiger partial charge in [0, 0.05) is 0 Å². The Kier molecular flexibility index (Phi) is 2.54. The molecule has 15 heavy (non-hydrogen) atoms. The highest BCUT2D eigenvalue weighted by atomic mass is 16.5. The lowest BCUT2D eigenvalue weighted by Crippen LogP contribution is -2.07. The molecule has 2 rings (SSSR count). The Morgan fingerprint density at radius 1 is 1.27 bits per heavy atom. The van der Waals surface area contributed by atoms with Gasteiger partial charge < -0.3 is 13.9 Å². The van der Waals surface area contributed by atoms with Crippen molar-refractivity contribution in [1.82, 2.24) is 0 Å². The molecule has 3 nitrogen and oxygen atoms in total. The summed E-state index contributed by atoms with van der Waals surface area (Å²) in [6.45, 7) is 4.11. The zero-order valence-corrected chi connectivity index (χ0v) is 9.11. The number of hydrogen-bond donors (Lipinski definition) is 0. The summed E-state index contributed by atoms with van der Waals surface area (Å²) in [5.74, 6) is 0.724. The first kappa shape index (κ1) is 9.90. The van der Waals surface area contributed by atoms with Crippen molar-refractivity contribution in [3.05, 3.63) is 41.6 Å². The Labute approximate surface area is 89.0 Å². The lowest BCUT2D eigenvalue weighted by atomic mass is 9.99.